The molecular formula is C17H17FN2O2. The minimum Gasteiger partial charge on any atom is -0.495 e. The number of rotatable bonds is 4. The number of hydrogen-bond donors (Lipinski definition) is 1. The molecule has 2 heterocycles. The lowest BCUT2D eigenvalue weighted by Crippen LogP contribution is -2.32. The van der Waals surface area contributed by atoms with Crippen LogP contribution in [0.1, 0.15) is 30.0 Å². The maximum Gasteiger partial charge on any atom is 0.220 e. The second kappa shape index (κ2) is 6.13. The minimum absolute atomic E-state index is 0.0288. The zero-order valence-electron chi connectivity index (χ0n) is 12.3. The highest BCUT2D eigenvalue weighted by molar-refractivity contribution is 5.78. The highest BCUT2D eigenvalue weighted by atomic mass is 19.1. The molecule has 1 amide bonds. The third-order valence-electron chi connectivity index (χ3n) is 3.97. The molecule has 5 heteroatoms. The normalized spacial score (nSPS) is 18.8. The first-order valence-corrected chi connectivity index (χ1v) is 7.22. The quantitative estimate of drug-likeness (QED) is 0.944. The Morgan fingerprint density at radius 2 is 2.05 bits per heavy atom. The van der Waals surface area contributed by atoms with Crippen LogP contribution in [0.4, 0.5) is 4.39 Å². The van der Waals surface area contributed by atoms with Gasteiger partial charge in [-0.15, -0.1) is 0 Å². The summed E-state index contributed by atoms with van der Waals surface area (Å²) in [5.41, 5.74) is 1.77. The average Bonchev–Trinajstić information content (AvgIpc) is 2.96. The second-order valence-corrected chi connectivity index (χ2v) is 5.36. The number of benzene rings is 1. The number of nitrogens with zero attached hydrogens (tertiary/aromatic N) is 1. The van der Waals surface area contributed by atoms with Gasteiger partial charge in [-0.1, -0.05) is 12.1 Å². The molecule has 2 aromatic rings. The van der Waals surface area contributed by atoms with Crippen LogP contribution in [0.2, 0.25) is 0 Å². The van der Waals surface area contributed by atoms with Crippen molar-refractivity contribution in [1.82, 2.24) is 10.3 Å². The number of pyridine rings is 1. The number of hydrogen-bond acceptors (Lipinski definition) is 3. The van der Waals surface area contributed by atoms with E-state index in [0.717, 1.165) is 17.7 Å². The van der Waals surface area contributed by atoms with Crippen LogP contribution in [-0.2, 0) is 4.79 Å². The SMILES string of the molecule is COc1ccc([C@H](c2ccc(F)cc2)[C@H]2CCC(=O)N2)nc1. The first-order valence-electron chi connectivity index (χ1n) is 7.22. The van der Waals surface area contributed by atoms with Gasteiger partial charge < -0.3 is 10.1 Å². The lowest BCUT2D eigenvalue weighted by molar-refractivity contribution is -0.119. The summed E-state index contributed by atoms with van der Waals surface area (Å²) >= 11 is 0. The lowest BCUT2D eigenvalue weighted by Gasteiger charge is -2.23. The third kappa shape index (κ3) is 2.93. The molecule has 0 radical (unpaired) electrons. The predicted octanol–water partition coefficient (Wildman–Crippen LogP) is 2.64. The van der Waals surface area contributed by atoms with Gasteiger partial charge in [-0.2, -0.15) is 0 Å². The highest BCUT2D eigenvalue weighted by Crippen LogP contribution is 2.32. The summed E-state index contributed by atoms with van der Waals surface area (Å²) in [6.07, 6.45) is 2.91. The summed E-state index contributed by atoms with van der Waals surface area (Å²) in [6.45, 7) is 0. The predicted molar refractivity (Wildman–Crippen MR) is 80.2 cm³/mol. The Labute approximate surface area is 128 Å². The number of methoxy groups -OCH3 is 1. The van der Waals surface area contributed by atoms with E-state index in [2.05, 4.69) is 10.3 Å². The Kier molecular flexibility index (Phi) is 4.04. The van der Waals surface area contributed by atoms with Crippen molar-refractivity contribution in [2.75, 3.05) is 7.11 Å². The molecule has 0 bridgehead atoms. The Bertz CT molecular complexity index is 655. The van der Waals surface area contributed by atoms with Gasteiger partial charge in [0.1, 0.15) is 11.6 Å². The molecule has 3 rings (SSSR count). The Hall–Kier alpha value is -2.43. The molecule has 0 spiro atoms. The molecule has 0 aliphatic carbocycles. The topological polar surface area (TPSA) is 51.2 Å². The number of carbonyl (C=O) groups is 1. The van der Waals surface area contributed by atoms with Crippen LogP contribution in [0, 0.1) is 5.82 Å². The van der Waals surface area contributed by atoms with E-state index in [9.17, 15) is 9.18 Å². The number of amides is 1. The molecular weight excluding hydrogens is 283 g/mol. The van der Waals surface area contributed by atoms with Crippen molar-refractivity contribution in [1.29, 1.82) is 0 Å². The third-order valence-corrected chi connectivity index (χ3v) is 3.97. The van der Waals surface area contributed by atoms with E-state index in [4.69, 9.17) is 4.74 Å². The Morgan fingerprint density at radius 1 is 1.27 bits per heavy atom. The monoisotopic (exact) mass is 300 g/mol. The molecule has 1 saturated heterocycles. The van der Waals surface area contributed by atoms with E-state index in [-0.39, 0.29) is 23.7 Å². The Morgan fingerprint density at radius 3 is 2.59 bits per heavy atom. The molecule has 2 atom stereocenters. The van der Waals surface area contributed by atoms with Crippen molar-refractivity contribution in [2.24, 2.45) is 0 Å². The van der Waals surface area contributed by atoms with Gasteiger partial charge in [0.05, 0.1) is 19.0 Å². The largest absolute Gasteiger partial charge is 0.495 e. The fourth-order valence-electron chi connectivity index (χ4n) is 2.86. The summed E-state index contributed by atoms with van der Waals surface area (Å²) < 4.78 is 18.3. The van der Waals surface area contributed by atoms with Crippen molar-refractivity contribution >= 4 is 5.91 Å². The first kappa shape index (κ1) is 14.5. The van der Waals surface area contributed by atoms with E-state index in [0.29, 0.717) is 12.2 Å². The molecule has 1 aliphatic heterocycles. The number of ether oxygens (including phenoxy) is 1. The molecule has 1 N–H and O–H groups in total. The van der Waals surface area contributed by atoms with Gasteiger partial charge in [0.25, 0.3) is 0 Å². The zero-order valence-corrected chi connectivity index (χ0v) is 12.3. The van der Waals surface area contributed by atoms with Crippen LogP contribution >= 0.6 is 0 Å². The van der Waals surface area contributed by atoms with Crippen molar-refractivity contribution in [2.45, 2.75) is 24.8 Å². The van der Waals surface area contributed by atoms with Gasteiger partial charge in [0.2, 0.25) is 5.91 Å². The number of carbonyl (C=O) groups excluding carboxylic acids is 1. The smallest absolute Gasteiger partial charge is 0.220 e. The summed E-state index contributed by atoms with van der Waals surface area (Å²) in [5, 5.41) is 2.99. The zero-order chi connectivity index (χ0) is 15.5. The highest BCUT2D eigenvalue weighted by Gasteiger charge is 2.31. The second-order valence-electron chi connectivity index (χ2n) is 5.36. The van der Waals surface area contributed by atoms with E-state index in [1.807, 2.05) is 12.1 Å². The van der Waals surface area contributed by atoms with Crippen molar-refractivity contribution in [3.8, 4) is 5.75 Å². The van der Waals surface area contributed by atoms with E-state index < -0.39 is 0 Å². The molecule has 114 valence electrons. The summed E-state index contributed by atoms with van der Waals surface area (Å²) in [5.74, 6) is 0.348. The summed E-state index contributed by atoms with van der Waals surface area (Å²) in [7, 11) is 1.59. The molecule has 4 nitrogen and oxygen atoms in total. The average molecular weight is 300 g/mol. The fraction of sp³-hybridized carbons (Fsp3) is 0.294. The number of aromatic nitrogens is 1. The van der Waals surface area contributed by atoms with Gasteiger partial charge in [-0.25, -0.2) is 4.39 Å². The van der Waals surface area contributed by atoms with Crippen LogP contribution in [0.3, 0.4) is 0 Å². The molecule has 22 heavy (non-hydrogen) atoms. The minimum atomic E-state index is -0.277. The van der Waals surface area contributed by atoms with Crippen LogP contribution in [0.15, 0.2) is 42.6 Å². The van der Waals surface area contributed by atoms with Gasteiger partial charge in [-0.3, -0.25) is 9.78 Å². The van der Waals surface area contributed by atoms with Crippen molar-refractivity contribution in [3.05, 3.63) is 59.7 Å². The molecule has 0 unspecified atom stereocenters. The fourth-order valence-corrected chi connectivity index (χ4v) is 2.86. The molecule has 1 aromatic heterocycles. The first-order chi connectivity index (χ1) is 10.7. The molecule has 0 saturated carbocycles. The van der Waals surface area contributed by atoms with Crippen LogP contribution in [-0.4, -0.2) is 24.0 Å². The van der Waals surface area contributed by atoms with Gasteiger partial charge >= 0.3 is 0 Å². The lowest BCUT2D eigenvalue weighted by atomic mass is 9.87. The molecule has 1 aliphatic rings. The van der Waals surface area contributed by atoms with Crippen molar-refractivity contribution in [3.63, 3.8) is 0 Å². The Balaban J connectivity index is 1.97. The maximum absolute atomic E-state index is 13.2. The number of halogens is 1. The van der Waals surface area contributed by atoms with Gasteiger partial charge in [-0.05, 0) is 36.2 Å². The van der Waals surface area contributed by atoms with Crippen LogP contribution in [0.25, 0.3) is 0 Å². The summed E-state index contributed by atoms with van der Waals surface area (Å²) in [6, 6.07) is 10.1. The summed E-state index contributed by atoms with van der Waals surface area (Å²) in [4.78, 5) is 16.0. The maximum atomic E-state index is 13.2. The number of nitrogens with one attached hydrogen (secondary N) is 1. The van der Waals surface area contributed by atoms with E-state index >= 15 is 0 Å². The van der Waals surface area contributed by atoms with E-state index in [1.54, 1.807) is 25.4 Å². The van der Waals surface area contributed by atoms with Gasteiger partial charge in [0.15, 0.2) is 0 Å². The molecule has 1 fully saturated rings. The van der Waals surface area contributed by atoms with Crippen LogP contribution in [0.5, 0.6) is 5.75 Å². The molecule has 1 aromatic carbocycles. The van der Waals surface area contributed by atoms with E-state index in [1.165, 1.54) is 12.1 Å². The van der Waals surface area contributed by atoms with Gasteiger partial charge in [0, 0.05) is 18.4 Å². The standard InChI is InChI=1S/C17H17FN2O2/c1-22-13-6-7-14(19-10-13)17(15-8-9-16(21)20-15)11-2-4-12(18)5-3-11/h2-7,10,15,17H,8-9H2,1H3,(H,20,21)/t15-,17+/m1/s1. The van der Waals surface area contributed by atoms with Crippen molar-refractivity contribution < 1.29 is 13.9 Å². The van der Waals surface area contributed by atoms with Crippen LogP contribution < -0.4 is 10.1 Å².